The van der Waals surface area contributed by atoms with Crippen molar-refractivity contribution >= 4 is 29.2 Å². The summed E-state index contributed by atoms with van der Waals surface area (Å²) < 4.78 is 5.23. The highest BCUT2D eigenvalue weighted by atomic mass is 16.5. The molecule has 3 N–H and O–H groups in total. The van der Waals surface area contributed by atoms with E-state index in [0.29, 0.717) is 12.0 Å². The SMILES string of the molecule is COc1ccc(-c2ccc3c(c2)NC(=O)C3=Cc2[nH]c3c(c2CCC(=O)O)CCCC3)cc1. The number of carbonyl (C=O) groups is 2. The second-order valence-electron chi connectivity index (χ2n) is 8.58. The van der Waals surface area contributed by atoms with E-state index in [-0.39, 0.29) is 12.3 Å². The van der Waals surface area contributed by atoms with Crippen LogP contribution in [0.2, 0.25) is 0 Å². The fourth-order valence-electron chi connectivity index (χ4n) is 4.86. The number of hydrogen-bond donors (Lipinski definition) is 3. The maximum atomic E-state index is 12.9. The number of anilines is 1. The molecule has 0 bridgehead atoms. The highest BCUT2D eigenvalue weighted by Crippen LogP contribution is 2.38. The summed E-state index contributed by atoms with van der Waals surface area (Å²) in [5, 5.41) is 12.2. The van der Waals surface area contributed by atoms with Crippen LogP contribution in [0.1, 0.15) is 47.3 Å². The Labute approximate surface area is 192 Å². The van der Waals surface area contributed by atoms with Gasteiger partial charge in [-0.3, -0.25) is 9.59 Å². The zero-order valence-electron chi connectivity index (χ0n) is 18.5. The minimum Gasteiger partial charge on any atom is -0.497 e. The van der Waals surface area contributed by atoms with Crippen molar-refractivity contribution in [3.05, 3.63) is 70.5 Å². The molecule has 0 spiro atoms. The summed E-state index contributed by atoms with van der Waals surface area (Å²) in [6.45, 7) is 0. The number of ether oxygens (including phenoxy) is 1. The van der Waals surface area contributed by atoms with E-state index in [1.54, 1.807) is 7.11 Å². The molecule has 0 saturated heterocycles. The normalized spacial score (nSPS) is 15.8. The number of H-pyrrole nitrogens is 1. The summed E-state index contributed by atoms with van der Waals surface area (Å²) in [5.41, 5.74) is 8.60. The van der Waals surface area contributed by atoms with Crippen molar-refractivity contribution in [1.29, 1.82) is 0 Å². The van der Waals surface area contributed by atoms with E-state index >= 15 is 0 Å². The molecular formula is C27H26N2O4. The van der Waals surface area contributed by atoms with Crippen LogP contribution in [0.15, 0.2) is 42.5 Å². The summed E-state index contributed by atoms with van der Waals surface area (Å²) >= 11 is 0. The fraction of sp³-hybridized carbons (Fsp3) is 0.259. The average molecular weight is 443 g/mol. The smallest absolute Gasteiger partial charge is 0.303 e. The number of carbonyl (C=O) groups excluding carboxylic acids is 1. The van der Waals surface area contributed by atoms with Gasteiger partial charge in [0.25, 0.3) is 5.91 Å². The molecule has 3 aromatic rings. The summed E-state index contributed by atoms with van der Waals surface area (Å²) in [4.78, 5) is 27.6. The molecule has 0 fully saturated rings. The standard InChI is InChI=1S/C27H26N2O4/c1-33-18-9-6-16(7-10-18)17-8-11-21-22(27(32)29-24(21)14-17)15-25-20(12-13-26(30)31)19-4-2-3-5-23(19)28-25/h6-11,14-15,28H,2-5,12-13H2,1H3,(H,29,32)(H,30,31). The van der Waals surface area contributed by atoms with Crippen LogP contribution in [-0.2, 0) is 28.9 Å². The number of carboxylic acids is 1. The molecular weight excluding hydrogens is 416 g/mol. The van der Waals surface area contributed by atoms with Crippen molar-refractivity contribution in [3.8, 4) is 16.9 Å². The maximum Gasteiger partial charge on any atom is 0.303 e. The van der Waals surface area contributed by atoms with Gasteiger partial charge in [-0.15, -0.1) is 0 Å². The summed E-state index contributed by atoms with van der Waals surface area (Å²) in [6, 6.07) is 13.8. The van der Waals surface area contributed by atoms with E-state index < -0.39 is 5.97 Å². The lowest BCUT2D eigenvalue weighted by molar-refractivity contribution is -0.137. The molecule has 1 aromatic heterocycles. The molecule has 33 heavy (non-hydrogen) atoms. The fourth-order valence-corrected chi connectivity index (χ4v) is 4.86. The van der Waals surface area contributed by atoms with E-state index in [1.807, 2.05) is 48.5 Å². The Balaban J connectivity index is 1.51. The quantitative estimate of drug-likeness (QED) is 0.464. The van der Waals surface area contributed by atoms with E-state index in [4.69, 9.17) is 4.74 Å². The van der Waals surface area contributed by atoms with Gasteiger partial charge in [-0.1, -0.05) is 24.3 Å². The van der Waals surface area contributed by atoms with Gasteiger partial charge in [0.05, 0.1) is 12.7 Å². The number of methoxy groups -OCH3 is 1. The van der Waals surface area contributed by atoms with Crippen molar-refractivity contribution < 1.29 is 19.4 Å². The van der Waals surface area contributed by atoms with Crippen molar-refractivity contribution in [2.24, 2.45) is 0 Å². The summed E-state index contributed by atoms with van der Waals surface area (Å²) in [7, 11) is 1.64. The lowest BCUT2D eigenvalue weighted by Gasteiger charge is -2.12. The van der Waals surface area contributed by atoms with Crippen LogP contribution in [-0.4, -0.2) is 29.1 Å². The zero-order valence-corrected chi connectivity index (χ0v) is 18.5. The van der Waals surface area contributed by atoms with Crippen molar-refractivity contribution in [2.75, 3.05) is 12.4 Å². The Morgan fingerprint density at radius 2 is 1.85 bits per heavy atom. The summed E-state index contributed by atoms with van der Waals surface area (Å²) in [5.74, 6) is -0.159. The lowest BCUT2D eigenvalue weighted by atomic mass is 9.92. The monoisotopic (exact) mass is 442 g/mol. The van der Waals surface area contributed by atoms with Crippen LogP contribution in [0.5, 0.6) is 5.75 Å². The third-order valence-corrected chi connectivity index (χ3v) is 6.55. The average Bonchev–Trinajstić information content (AvgIpc) is 3.34. The highest BCUT2D eigenvalue weighted by molar-refractivity contribution is 6.35. The molecule has 0 saturated carbocycles. The Bertz CT molecular complexity index is 1270. The number of fused-ring (bicyclic) bond motifs is 2. The van der Waals surface area contributed by atoms with Crippen molar-refractivity contribution in [3.63, 3.8) is 0 Å². The molecule has 0 radical (unpaired) electrons. The highest BCUT2D eigenvalue weighted by Gasteiger charge is 2.26. The topological polar surface area (TPSA) is 91.4 Å². The molecule has 0 unspecified atom stereocenters. The first kappa shape index (κ1) is 21.1. The van der Waals surface area contributed by atoms with Crippen LogP contribution in [0.4, 0.5) is 5.69 Å². The van der Waals surface area contributed by atoms with E-state index in [1.165, 1.54) is 11.3 Å². The van der Waals surface area contributed by atoms with E-state index in [0.717, 1.165) is 65.1 Å². The van der Waals surface area contributed by atoms with Gasteiger partial charge in [0, 0.05) is 29.1 Å². The number of amides is 1. The molecule has 1 amide bonds. The number of carboxylic acid groups (broad SMARTS) is 1. The van der Waals surface area contributed by atoms with Gasteiger partial charge in [-0.05, 0) is 78.6 Å². The number of aliphatic carboxylic acids is 1. The van der Waals surface area contributed by atoms with Gasteiger partial charge in [0.15, 0.2) is 0 Å². The largest absolute Gasteiger partial charge is 0.497 e. The number of aromatic nitrogens is 1. The zero-order chi connectivity index (χ0) is 22.9. The Kier molecular flexibility index (Phi) is 5.50. The van der Waals surface area contributed by atoms with Crippen molar-refractivity contribution in [1.82, 2.24) is 4.98 Å². The maximum absolute atomic E-state index is 12.9. The van der Waals surface area contributed by atoms with Crippen LogP contribution in [0.25, 0.3) is 22.8 Å². The molecule has 5 rings (SSSR count). The number of nitrogens with one attached hydrogen (secondary N) is 2. The van der Waals surface area contributed by atoms with Gasteiger partial charge in [0.2, 0.25) is 0 Å². The number of benzene rings is 2. The second kappa shape index (κ2) is 8.62. The molecule has 1 aliphatic heterocycles. The number of aryl methyl sites for hydroxylation is 1. The number of rotatable bonds is 6. The van der Waals surface area contributed by atoms with Crippen LogP contribution < -0.4 is 10.1 Å². The first-order valence-corrected chi connectivity index (χ1v) is 11.3. The molecule has 168 valence electrons. The summed E-state index contributed by atoms with van der Waals surface area (Å²) in [6.07, 6.45) is 6.59. The number of hydrogen-bond acceptors (Lipinski definition) is 3. The third kappa shape index (κ3) is 4.04. The third-order valence-electron chi connectivity index (χ3n) is 6.55. The Morgan fingerprint density at radius 3 is 2.61 bits per heavy atom. The first-order valence-electron chi connectivity index (χ1n) is 11.3. The van der Waals surface area contributed by atoms with Crippen molar-refractivity contribution in [2.45, 2.75) is 38.5 Å². The van der Waals surface area contributed by atoms with E-state index in [9.17, 15) is 14.7 Å². The molecule has 6 heteroatoms. The van der Waals surface area contributed by atoms with Crippen LogP contribution in [0.3, 0.4) is 0 Å². The minimum absolute atomic E-state index is 0.0778. The lowest BCUT2D eigenvalue weighted by Crippen LogP contribution is -2.05. The van der Waals surface area contributed by atoms with Gasteiger partial charge >= 0.3 is 5.97 Å². The van der Waals surface area contributed by atoms with Crippen LogP contribution >= 0.6 is 0 Å². The molecule has 2 heterocycles. The predicted octanol–water partition coefficient (Wildman–Crippen LogP) is 5.08. The second-order valence-corrected chi connectivity index (χ2v) is 8.58. The molecule has 2 aromatic carbocycles. The predicted molar refractivity (Wildman–Crippen MR) is 128 cm³/mol. The Morgan fingerprint density at radius 1 is 1.09 bits per heavy atom. The molecule has 6 nitrogen and oxygen atoms in total. The minimum atomic E-state index is -0.811. The number of aromatic amines is 1. The van der Waals surface area contributed by atoms with Gasteiger partial charge in [-0.2, -0.15) is 0 Å². The molecule has 2 aliphatic rings. The van der Waals surface area contributed by atoms with Gasteiger partial charge < -0.3 is 20.1 Å². The van der Waals surface area contributed by atoms with Crippen LogP contribution in [0, 0.1) is 0 Å². The van der Waals surface area contributed by atoms with Gasteiger partial charge in [0.1, 0.15) is 5.75 Å². The molecule has 0 atom stereocenters. The molecule has 1 aliphatic carbocycles. The first-order chi connectivity index (χ1) is 16.0. The Hall–Kier alpha value is -3.80. The van der Waals surface area contributed by atoms with E-state index in [2.05, 4.69) is 10.3 Å². The van der Waals surface area contributed by atoms with Gasteiger partial charge in [-0.25, -0.2) is 0 Å².